The number of carbonyl (C=O) groups is 1. The van der Waals surface area contributed by atoms with Crippen molar-refractivity contribution in [1.29, 1.82) is 0 Å². The normalized spacial score (nSPS) is 11.2. The zero-order valence-electron chi connectivity index (χ0n) is 11.7. The molecule has 0 saturated carbocycles. The SMILES string of the molecule is CS(=O)(=O)N(Cc1ccc(C=O)cc1F)c1cccc(F)c1. The maximum absolute atomic E-state index is 13.9. The molecule has 2 aromatic carbocycles. The second-order valence-corrected chi connectivity index (χ2v) is 6.63. The van der Waals surface area contributed by atoms with E-state index in [4.69, 9.17) is 0 Å². The number of sulfonamides is 1. The van der Waals surface area contributed by atoms with Crippen molar-refractivity contribution < 1.29 is 22.0 Å². The molecule has 0 aromatic heterocycles. The van der Waals surface area contributed by atoms with Crippen molar-refractivity contribution >= 4 is 22.0 Å². The number of rotatable bonds is 5. The number of carbonyl (C=O) groups excluding carboxylic acids is 1. The predicted octanol–water partition coefficient (Wildman–Crippen LogP) is 2.74. The minimum Gasteiger partial charge on any atom is -0.298 e. The summed E-state index contributed by atoms with van der Waals surface area (Å²) in [5.41, 5.74) is 0.333. The van der Waals surface area contributed by atoms with Gasteiger partial charge < -0.3 is 0 Å². The largest absolute Gasteiger partial charge is 0.298 e. The third-order valence-corrected chi connectivity index (χ3v) is 4.16. The maximum atomic E-state index is 13.9. The van der Waals surface area contributed by atoms with E-state index in [2.05, 4.69) is 0 Å². The fraction of sp³-hybridized carbons (Fsp3) is 0.133. The summed E-state index contributed by atoms with van der Waals surface area (Å²) in [6.07, 6.45) is 1.45. The number of nitrogens with zero attached hydrogens (tertiary/aromatic N) is 1. The first-order valence-corrected chi connectivity index (χ1v) is 8.13. The van der Waals surface area contributed by atoms with E-state index < -0.39 is 21.7 Å². The van der Waals surface area contributed by atoms with Crippen LogP contribution in [0.4, 0.5) is 14.5 Å². The smallest absolute Gasteiger partial charge is 0.232 e. The first-order valence-electron chi connectivity index (χ1n) is 6.28. The Bertz CT molecular complexity index is 806. The van der Waals surface area contributed by atoms with Crippen LogP contribution in [-0.2, 0) is 16.6 Å². The van der Waals surface area contributed by atoms with Gasteiger partial charge in [-0.05, 0) is 24.3 Å². The van der Waals surface area contributed by atoms with Crippen LogP contribution < -0.4 is 4.31 Å². The van der Waals surface area contributed by atoms with Gasteiger partial charge in [-0.2, -0.15) is 0 Å². The van der Waals surface area contributed by atoms with Gasteiger partial charge in [-0.3, -0.25) is 9.10 Å². The summed E-state index contributed by atoms with van der Waals surface area (Å²) >= 11 is 0. The Balaban J connectivity index is 2.42. The van der Waals surface area contributed by atoms with Crippen molar-refractivity contribution in [3.63, 3.8) is 0 Å². The molecular weight excluding hydrogens is 312 g/mol. The molecule has 0 N–H and O–H groups in total. The molecule has 0 amide bonds. The number of hydrogen-bond donors (Lipinski definition) is 0. The van der Waals surface area contributed by atoms with Gasteiger partial charge in [0.15, 0.2) is 0 Å². The van der Waals surface area contributed by atoms with Crippen molar-refractivity contribution in [3.8, 4) is 0 Å². The summed E-state index contributed by atoms with van der Waals surface area (Å²) in [7, 11) is -3.73. The topological polar surface area (TPSA) is 54.5 Å². The van der Waals surface area contributed by atoms with Crippen LogP contribution in [0.2, 0.25) is 0 Å². The summed E-state index contributed by atoms with van der Waals surface area (Å²) in [6, 6.07) is 8.76. The zero-order valence-corrected chi connectivity index (χ0v) is 12.5. The van der Waals surface area contributed by atoms with Crippen molar-refractivity contribution in [3.05, 3.63) is 65.2 Å². The molecule has 2 aromatic rings. The van der Waals surface area contributed by atoms with Gasteiger partial charge in [-0.25, -0.2) is 17.2 Å². The molecule has 0 saturated heterocycles. The van der Waals surface area contributed by atoms with Crippen LogP contribution in [-0.4, -0.2) is 21.0 Å². The number of aldehydes is 1. The second-order valence-electron chi connectivity index (χ2n) is 4.72. The molecule has 0 fully saturated rings. The lowest BCUT2D eigenvalue weighted by Crippen LogP contribution is -2.29. The molecular formula is C15H13F2NO3S. The number of anilines is 1. The highest BCUT2D eigenvalue weighted by molar-refractivity contribution is 7.92. The van der Waals surface area contributed by atoms with Gasteiger partial charge in [-0.1, -0.05) is 18.2 Å². The Kier molecular flexibility index (Phi) is 4.56. The van der Waals surface area contributed by atoms with Crippen molar-refractivity contribution in [2.24, 2.45) is 0 Å². The first kappa shape index (κ1) is 16.1. The van der Waals surface area contributed by atoms with E-state index >= 15 is 0 Å². The number of benzene rings is 2. The van der Waals surface area contributed by atoms with Crippen LogP contribution in [0, 0.1) is 11.6 Å². The van der Waals surface area contributed by atoms with Crippen LogP contribution in [0.25, 0.3) is 0 Å². The van der Waals surface area contributed by atoms with Gasteiger partial charge in [0.25, 0.3) is 0 Å². The fourth-order valence-corrected chi connectivity index (χ4v) is 2.82. The molecule has 0 radical (unpaired) electrons. The van der Waals surface area contributed by atoms with Gasteiger partial charge >= 0.3 is 0 Å². The lowest BCUT2D eigenvalue weighted by Gasteiger charge is -2.22. The Morgan fingerprint density at radius 2 is 1.86 bits per heavy atom. The highest BCUT2D eigenvalue weighted by Crippen LogP contribution is 2.22. The molecule has 7 heteroatoms. The quantitative estimate of drug-likeness (QED) is 0.794. The third kappa shape index (κ3) is 3.67. The van der Waals surface area contributed by atoms with Gasteiger partial charge in [-0.15, -0.1) is 0 Å². The minimum atomic E-state index is -3.73. The number of halogens is 2. The molecule has 0 atom stereocenters. The van der Waals surface area contributed by atoms with Crippen molar-refractivity contribution in [2.45, 2.75) is 6.54 Å². The fourth-order valence-electron chi connectivity index (χ4n) is 1.95. The molecule has 22 heavy (non-hydrogen) atoms. The molecule has 0 aliphatic heterocycles. The van der Waals surface area contributed by atoms with Crippen LogP contribution in [0.15, 0.2) is 42.5 Å². The molecule has 0 unspecified atom stereocenters. The van der Waals surface area contributed by atoms with E-state index in [1.807, 2.05) is 0 Å². The summed E-state index contributed by atoms with van der Waals surface area (Å²) in [5.74, 6) is -1.29. The van der Waals surface area contributed by atoms with Gasteiger partial charge in [0.2, 0.25) is 10.0 Å². The number of hydrogen-bond acceptors (Lipinski definition) is 3. The predicted molar refractivity (Wildman–Crippen MR) is 79.2 cm³/mol. The Labute approximate surface area is 127 Å². The molecule has 0 bridgehead atoms. The Morgan fingerprint density at radius 3 is 2.41 bits per heavy atom. The highest BCUT2D eigenvalue weighted by Gasteiger charge is 2.20. The molecule has 0 aliphatic rings. The van der Waals surface area contributed by atoms with Gasteiger partial charge in [0, 0.05) is 11.1 Å². The average molecular weight is 325 g/mol. The van der Waals surface area contributed by atoms with Crippen LogP contribution in [0.3, 0.4) is 0 Å². The summed E-state index contributed by atoms with van der Waals surface area (Å²) in [4.78, 5) is 10.6. The first-order chi connectivity index (χ1) is 10.3. The molecule has 0 aliphatic carbocycles. The molecule has 0 heterocycles. The summed E-state index contributed by atoms with van der Waals surface area (Å²) in [6.45, 7) is -0.298. The van der Waals surface area contributed by atoms with E-state index in [0.717, 1.165) is 22.7 Å². The molecule has 4 nitrogen and oxygen atoms in total. The van der Waals surface area contributed by atoms with E-state index in [1.165, 1.54) is 30.3 Å². The lowest BCUT2D eigenvalue weighted by molar-refractivity contribution is 0.112. The van der Waals surface area contributed by atoms with E-state index in [-0.39, 0.29) is 23.4 Å². The standard InChI is InChI=1S/C15H13F2NO3S/c1-22(20,21)18(14-4-2-3-13(16)8-14)9-12-6-5-11(10-19)7-15(12)17/h2-8,10H,9H2,1H3. The van der Waals surface area contributed by atoms with Crippen molar-refractivity contribution in [2.75, 3.05) is 10.6 Å². The third-order valence-electron chi connectivity index (χ3n) is 3.02. The highest BCUT2D eigenvalue weighted by atomic mass is 32.2. The maximum Gasteiger partial charge on any atom is 0.232 e. The summed E-state index contributed by atoms with van der Waals surface area (Å²) in [5, 5.41) is 0. The molecule has 116 valence electrons. The second kappa shape index (κ2) is 6.23. The van der Waals surface area contributed by atoms with Crippen LogP contribution in [0.5, 0.6) is 0 Å². The van der Waals surface area contributed by atoms with Gasteiger partial charge in [0.1, 0.15) is 17.9 Å². The Hall–Kier alpha value is -2.28. The van der Waals surface area contributed by atoms with E-state index in [9.17, 15) is 22.0 Å². The van der Waals surface area contributed by atoms with E-state index in [1.54, 1.807) is 0 Å². The average Bonchev–Trinajstić information content (AvgIpc) is 2.44. The van der Waals surface area contributed by atoms with Crippen LogP contribution >= 0.6 is 0 Å². The zero-order chi connectivity index (χ0) is 16.3. The van der Waals surface area contributed by atoms with Crippen molar-refractivity contribution in [1.82, 2.24) is 0 Å². The monoisotopic (exact) mass is 325 g/mol. The minimum absolute atomic E-state index is 0.0836. The Morgan fingerprint density at radius 1 is 1.14 bits per heavy atom. The molecule has 2 rings (SSSR count). The lowest BCUT2D eigenvalue weighted by atomic mass is 10.1. The summed E-state index contributed by atoms with van der Waals surface area (Å²) < 4.78 is 51.9. The van der Waals surface area contributed by atoms with Crippen LogP contribution in [0.1, 0.15) is 15.9 Å². The van der Waals surface area contributed by atoms with E-state index in [0.29, 0.717) is 6.29 Å². The van der Waals surface area contributed by atoms with Gasteiger partial charge in [0.05, 0.1) is 18.5 Å². The molecule has 0 spiro atoms.